The van der Waals surface area contributed by atoms with Gasteiger partial charge in [0.05, 0.1) is 6.54 Å². The highest BCUT2D eigenvalue weighted by molar-refractivity contribution is 5.96. The Morgan fingerprint density at radius 2 is 1.88 bits per heavy atom. The molecule has 2 aromatic rings. The van der Waals surface area contributed by atoms with Crippen LogP contribution in [0.15, 0.2) is 42.5 Å². The van der Waals surface area contributed by atoms with Gasteiger partial charge in [0.15, 0.2) is 0 Å². The third-order valence-electron chi connectivity index (χ3n) is 5.05. The number of hydrogen-bond donors (Lipinski definition) is 1. The molecule has 2 atom stereocenters. The third-order valence-corrected chi connectivity index (χ3v) is 5.05. The molecule has 0 bridgehead atoms. The van der Waals surface area contributed by atoms with E-state index in [9.17, 15) is 14.0 Å². The minimum absolute atomic E-state index is 0.0211. The maximum Gasteiger partial charge on any atom is 0.243 e. The van der Waals surface area contributed by atoms with Crippen molar-refractivity contribution in [2.24, 2.45) is 5.92 Å². The van der Waals surface area contributed by atoms with Crippen LogP contribution in [0.2, 0.25) is 0 Å². The van der Waals surface area contributed by atoms with E-state index in [-0.39, 0.29) is 36.0 Å². The normalized spacial score (nSPS) is 18.3. The number of carbonyl (C=O) groups excluding carboxylic acids is 2. The van der Waals surface area contributed by atoms with Gasteiger partial charge in [-0.3, -0.25) is 9.59 Å². The van der Waals surface area contributed by atoms with Crippen molar-refractivity contribution in [2.45, 2.75) is 26.2 Å². The molecule has 1 aliphatic rings. The van der Waals surface area contributed by atoms with Crippen LogP contribution in [0.5, 0.6) is 0 Å². The minimum atomic E-state index is -0.275. The summed E-state index contributed by atoms with van der Waals surface area (Å²) >= 11 is 0. The zero-order valence-electron chi connectivity index (χ0n) is 15.3. The number of hydrogen-bond acceptors (Lipinski definition) is 2. The molecule has 1 saturated carbocycles. The Morgan fingerprint density at radius 1 is 1.15 bits per heavy atom. The molecule has 0 radical (unpaired) electrons. The molecule has 4 nitrogen and oxygen atoms in total. The Kier molecular flexibility index (Phi) is 5.07. The number of nitrogens with zero attached hydrogens (tertiary/aromatic N) is 1. The van der Waals surface area contributed by atoms with Gasteiger partial charge in [0.1, 0.15) is 5.82 Å². The van der Waals surface area contributed by atoms with Crippen molar-refractivity contribution in [3.8, 4) is 0 Å². The molecule has 136 valence electrons. The van der Waals surface area contributed by atoms with Gasteiger partial charge < -0.3 is 10.2 Å². The van der Waals surface area contributed by atoms with E-state index in [0.717, 1.165) is 16.8 Å². The zero-order valence-corrected chi connectivity index (χ0v) is 15.3. The van der Waals surface area contributed by atoms with E-state index >= 15 is 0 Å². The summed E-state index contributed by atoms with van der Waals surface area (Å²) in [4.78, 5) is 26.2. The molecule has 2 aromatic carbocycles. The fourth-order valence-corrected chi connectivity index (χ4v) is 3.24. The van der Waals surface area contributed by atoms with Gasteiger partial charge in [-0.05, 0) is 55.0 Å². The molecular weight excluding hydrogens is 331 g/mol. The van der Waals surface area contributed by atoms with Crippen molar-refractivity contribution < 1.29 is 14.0 Å². The lowest BCUT2D eigenvalue weighted by Crippen LogP contribution is -2.36. The van der Waals surface area contributed by atoms with Gasteiger partial charge in [-0.2, -0.15) is 0 Å². The molecule has 1 N–H and O–H groups in total. The van der Waals surface area contributed by atoms with E-state index in [1.807, 2.05) is 32.0 Å². The predicted octanol–water partition coefficient (Wildman–Crippen LogP) is 3.64. The first-order valence-corrected chi connectivity index (χ1v) is 8.74. The van der Waals surface area contributed by atoms with Gasteiger partial charge >= 0.3 is 0 Å². The Hall–Kier alpha value is -2.69. The number of amides is 2. The van der Waals surface area contributed by atoms with Crippen LogP contribution in [-0.2, 0) is 9.59 Å². The topological polar surface area (TPSA) is 49.4 Å². The molecule has 0 saturated heterocycles. The summed E-state index contributed by atoms with van der Waals surface area (Å²) in [5.74, 6) is -0.964. The first kappa shape index (κ1) is 18.1. The molecule has 0 aliphatic heterocycles. The smallest absolute Gasteiger partial charge is 0.243 e. The molecular formula is C21H23FN2O2. The van der Waals surface area contributed by atoms with E-state index in [1.54, 1.807) is 25.2 Å². The SMILES string of the molecule is Cc1cccc(NC(=O)CN(C)C(=O)C2CC2c2ccccc2F)c1C. The van der Waals surface area contributed by atoms with Crippen LogP contribution < -0.4 is 5.32 Å². The summed E-state index contributed by atoms with van der Waals surface area (Å²) < 4.78 is 13.9. The molecule has 0 aromatic heterocycles. The molecule has 26 heavy (non-hydrogen) atoms. The lowest BCUT2D eigenvalue weighted by atomic mass is 10.1. The quantitative estimate of drug-likeness (QED) is 0.891. The summed E-state index contributed by atoms with van der Waals surface area (Å²) in [5, 5.41) is 2.86. The van der Waals surface area contributed by atoms with E-state index in [2.05, 4.69) is 5.32 Å². The molecule has 1 fully saturated rings. The highest BCUT2D eigenvalue weighted by Gasteiger charge is 2.46. The average Bonchev–Trinajstić information content (AvgIpc) is 3.39. The number of anilines is 1. The minimum Gasteiger partial charge on any atom is -0.336 e. The van der Waals surface area contributed by atoms with E-state index in [1.165, 1.54) is 11.0 Å². The lowest BCUT2D eigenvalue weighted by molar-refractivity contribution is -0.134. The van der Waals surface area contributed by atoms with Crippen LogP contribution in [0.1, 0.15) is 29.0 Å². The Balaban J connectivity index is 1.57. The zero-order chi connectivity index (χ0) is 18.8. The van der Waals surface area contributed by atoms with Crippen molar-refractivity contribution in [3.05, 3.63) is 65.0 Å². The molecule has 0 spiro atoms. The fourth-order valence-electron chi connectivity index (χ4n) is 3.24. The molecule has 1 aliphatic carbocycles. The van der Waals surface area contributed by atoms with Crippen LogP contribution in [0, 0.1) is 25.6 Å². The number of nitrogens with one attached hydrogen (secondary N) is 1. The number of benzene rings is 2. The predicted molar refractivity (Wildman–Crippen MR) is 99.4 cm³/mol. The third kappa shape index (κ3) is 3.77. The first-order chi connectivity index (χ1) is 12.4. The summed E-state index contributed by atoms with van der Waals surface area (Å²) in [7, 11) is 1.61. The molecule has 2 amide bonds. The van der Waals surface area contributed by atoms with Crippen LogP contribution in [-0.4, -0.2) is 30.3 Å². The van der Waals surface area contributed by atoms with Crippen molar-refractivity contribution in [3.63, 3.8) is 0 Å². The van der Waals surface area contributed by atoms with Crippen molar-refractivity contribution >= 4 is 17.5 Å². The second-order valence-electron chi connectivity index (χ2n) is 6.96. The second-order valence-corrected chi connectivity index (χ2v) is 6.96. The highest BCUT2D eigenvalue weighted by Crippen LogP contribution is 2.49. The molecule has 2 unspecified atom stereocenters. The summed E-state index contributed by atoms with van der Waals surface area (Å²) in [6, 6.07) is 12.3. The van der Waals surface area contributed by atoms with Gasteiger partial charge in [0.25, 0.3) is 0 Å². The maximum atomic E-state index is 13.9. The lowest BCUT2D eigenvalue weighted by Gasteiger charge is -2.18. The summed E-state index contributed by atoms with van der Waals surface area (Å²) in [6.45, 7) is 3.91. The van der Waals surface area contributed by atoms with Crippen LogP contribution in [0.3, 0.4) is 0 Å². The van der Waals surface area contributed by atoms with Gasteiger partial charge in [0, 0.05) is 18.7 Å². The number of carbonyl (C=O) groups is 2. The average molecular weight is 354 g/mol. The Bertz CT molecular complexity index is 850. The van der Waals surface area contributed by atoms with E-state index in [4.69, 9.17) is 0 Å². The van der Waals surface area contributed by atoms with Gasteiger partial charge in [0.2, 0.25) is 11.8 Å². The number of aryl methyl sites for hydroxylation is 1. The fraction of sp³-hybridized carbons (Fsp3) is 0.333. The molecule has 3 rings (SSSR count). The maximum absolute atomic E-state index is 13.9. The van der Waals surface area contributed by atoms with Crippen molar-refractivity contribution in [1.82, 2.24) is 4.90 Å². The van der Waals surface area contributed by atoms with Gasteiger partial charge in [-0.15, -0.1) is 0 Å². The Morgan fingerprint density at radius 3 is 2.62 bits per heavy atom. The first-order valence-electron chi connectivity index (χ1n) is 8.74. The Labute approximate surface area is 153 Å². The number of likely N-dealkylation sites (N-methyl/N-ethyl adjacent to an activating group) is 1. The largest absolute Gasteiger partial charge is 0.336 e. The van der Waals surface area contributed by atoms with Gasteiger partial charge in [-0.25, -0.2) is 4.39 Å². The monoisotopic (exact) mass is 354 g/mol. The second kappa shape index (κ2) is 7.28. The summed E-state index contributed by atoms with van der Waals surface area (Å²) in [5.41, 5.74) is 3.44. The van der Waals surface area contributed by atoms with Crippen LogP contribution in [0.4, 0.5) is 10.1 Å². The van der Waals surface area contributed by atoms with Gasteiger partial charge in [-0.1, -0.05) is 30.3 Å². The van der Waals surface area contributed by atoms with E-state index < -0.39 is 0 Å². The number of rotatable bonds is 5. The van der Waals surface area contributed by atoms with Crippen LogP contribution in [0.25, 0.3) is 0 Å². The molecule has 0 heterocycles. The molecule has 5 heteroatoms. The highest BCUT2D eigenvalue weighted by atomic mass is 19.1. The number of halogens is 1. The standard InChI is InChI=1S/C21H23FN2O2/c1-13-7-6-10-19(14(13)2)23-20(25)12-24(3)21(26)17-11-16(17)15-8-4-5-9-18(15)22/h4-10,16-17H,11-12H2,1-3H3,(H,23,25). The van der Waals surface area contributed by atoms with Crippen molar-refractivity contribution in [2.75, 3.05) is 18.9 Å². The van der Waals surface area contributed by atoms with Crippen molar-refractivity contribution in [1.29, 1.82) is 0 Å². The summed E-state index contributed by atoms with van der Waals surface area (Å²) in [6.07, 6.45) is 0.628. The van der Waals surface area contributed by atoms with Crippen LogP contribution >= 0.6 is 0 Å². The van der Waals surface area contributed by atoms with E-state index in [0.29, 0.717) is 12.0 Å².